The third-order valence-corrected chi connectivity index (χ3v) is 6.52. The lowest BCUT2D eigenvalue weighted by atomic mass is 9.97. The second-order valence-electron chi connectivity index (χ2n) is 8.90. The van der Waals surface area contributed by atoms with E-state index >= 15 is 0 Å². The van der Waals surface area contributed by atoms with E-state index in [9.17, 15) is 9.59 Å². The Morgan fingerprint density at radius 2 is 1.87 bits per heavy atom. The van der Waals surface area contributed by atoms with Crippen LogP contribution in [0.5, 0.6) is 0 Å². The molecule has 31 heavy (non-hydrogen) atoms. The number of anilines is 1. The van der Waals surface area contributed by atoms with Crippen LogP contribution in [0.3, 0.4) is 0 Å². The molecule has 2 N–H and O–H groups in total. The first kappa shape index (κ1) is 21.2. The summed E-state index contributed by atoms with van der Waals surface area (Å²) >= 11 is 0. The first-order chi connectivity index (χ1) is 14.8. The number of aromatic nitrogens is 1. The molecule has 0 saturated carbocycles. The van der Waals surface area contributed by atoms with Gasteiger partial charge in [0.1, 0.15) is 0 Å². The van der Waals surface area contributed by atoms with Gasteiger partial charge in [0.15, 0.2) is 0 Å². The SMILES string of the molecule is CNC(=O)C1CCCN(C(=O)Nc2c(C)cc3c(c2C)c2ccccc2n3C(C)C)C1. The zero-order chi connectivity index (χ0) is 22.3. The number of para-hydroxylation sites is 1. The number of nitrogens with zero attached hydrogens (tertiary/aromatic N) is 2. The van der Waals surface area contributed by atoms with Gasteiger partial charge >= 0.3 is 6.03 Å². The van der Waals surface area contributed by atoms with Crippen molar-refractivity contribution in [1.29, 1.82) is 0 Å². The molecule has 0 radical (unpaired) electrons. The normalized spacial score (nSPS) is 16.8. The number of rotatable bonds is 3. The standard InChI is InChI=1S/C25H32N4O2/c1-15(2)29-20-11-7-6-10-19(20)22-17(4)23(16(3)13-21(22)29)27-25(31)28-12-8-9-18(14-28)24(30)26-5/h6-7,10-11,13,15,18H,8-9,12,14H2,1-5H3,(H,26,30)(H,27,31). The van der Waals surface area contributed by atoms with E-state index in [0.29, 0.717) is 19.1 Å². The molecular formula is C25H32N4O2. The lowest BCUT2D eigenvalue weighted by Crippen LogP contribution is -2.46. The number of nitrogens with one attached hydrogen (secondary N) is 2. The Bertz CT molecular complexity index is 1160. The monoisotopic (exact) mass is 420 g/mol. The highest BCUT2D eigenvalue weighted by Gasteiger charge is 2.28. The zero-order valence-electron chi connectivity index (χ0n) is 19.1. The van der Waals surface area contributed by atoms with Crippen molar-refractivity contribution in [2.24, 2.45) is 5.92 Å². The largest absolute Gasteiger partial charge is 0.359 e. The maximum atomic E-state index is 13.1. The Hall–Kier alpha value is -3.02. The molecule has 0 aliphatic carbocycles. The van der Waals surface area contributed by atoms with Crippen LogP contribution in [0, 0.1) is 19.8 Å². The van der Waals surface area contributed by atoms with Crippen LogP contribution in [-0.4, -0.2) is 41.5 Å². The first-order valence-corrected chi connectivity index (χ1v) is 11.1. The number of hydrogen-bond donors (Lipinski definition) is 2. The number of aryl methyl sites for hydroxylation is 2. The Morgan fingerprint density at radius 3 is 2.58 bits per heavy atom. The lowest BCUT2D eigenvalue weighted by molar-refractivity contribution is -0.125. The molecule has 164 valence electrons. The molecular weight excluding hydrogens is 388 g/mol. The second kappa shape index (κ2) is 8.25. The van der Waals surface area contributed by atoms with Gasteiger partial charge in [-0.15, -0.1) is 0 Å². The number of hydrogen-bond acceptors (Lipinski definition) is 2. The first-order valence-electron chi connectivity index (χ1n) is 11.1. The Kier molecular flexibility index (Phi) is 5.65. The fraction of sp³-hybridized carbons (Fsp3) is 0.440. The number of carbonyl (C=O) groups is 2. The van der Waals surface area contributed by atoms with Gasteiger partial charge in [-0.25, -0.2) is 4.79 Å². The van der Waals surface area contributed by atoms with Crippen LogP contribution in [0.2, 0.25) is 0 Å². The summed E-state index contributed by atoms with van der Waals surface area (Å²) in [5.74, 6) is -0.133. The Balaban J connectivity index is 1.73. The van der Waals surface area contributed by atoms with Crippen molar-refractivity contribution in [3.05, 3.63) is 41.5 Å². The van der Waals surface area contributed by atoms with Gasteiger partial charge in [0.05, 0.1) is 11.4 Å². The number of piperidine rings is 1. The fourth-order valence-corrected chi connectivity index (χ4v) is 5.03. The van der Waals surface area contributed by atoms with Crippen LogP contribution < -0.4 is 10.6 Å². The van der Waals surface area contributed by atoms with Gasteiger partial charge in [-0.2, -0.15) is 0 Å². The second-order valence-corrected chi connectivity index (χ2v) is 8.90. The van der Waals surface area contributed by atoms with Gasteiger partial charge in [0.2, 0.25) is 5.91 Å². The van der Waals surface area contributed by atoms with Crippen LogP contribution in [0.15, 0.2) is 30.3 Å². The minimum atomic E-state index is -0.141. The summed E-state index contributed by atoms with van der Waals surface area (Å²) in [6, 6.07) is 10.8. The Labute approximate surface area is 183 Å². The number of benzene rings is 2. The number of amides is 3. The molecule has 1 aliphatic heterocycles. The highest BCUT2D eigenvalue weighted by atomic mass is 16.2. The van der Waals surface area contributed by atoms with Crippen molar-refractivity contribution < 1.29 is 9.59 Å². The van der Waals surface area contributed by atoms with Crippen molar-refractivity contribution in [2.45, 2.75) is 46.6 Å². The van der Waals surface area contributed by atoms with Crippen molar-refractivity contribution in [3.63, 3.8) is 0 Å². The predicted molar refractivity (Wildman–Crippen MR) is 127 cm³/mol. The molecule has 1 fully saturated rings. The molecule has 1 aliphatic rings. The van der Waals surface area contributed by atoms with Gasteiger partial charge in [-0.1, -0.05) is 18.2 Å². The molecule has 1 aromatic heterocycles. The summed E-state index contributed by atoms with van der Waals surface area (Å²) in [4.78, 5) is 26.9. The average molecular weight is 421 g/mol. The highest BCUT2D eigenvalue weighted by Crippen LogP contribution is 2.38. The number of carbonyl (C=O) groups excluding carboxylic acids is 2. The molecule has 1 unspecified atom stereocenters. The van der Waals surface area contributed by atoms with Crippen molar-refractivity contribution in [2.75, 3.05) is 25.5 Å². The number of fused-ring (bicyclic) bond motifs is 3. The molecule has 2 aromatic carbocycles. The molecule has 2 heterocycles. The summed E-state index contributed by atoms with van der Waals surface area (Å²) in [6.45, 7) is 9.67. The molecule has 1 saturated heterocycles. The van der Waals surface area contributed by atoms with Crippen LogP contribution in [0.25, 0.3) is 21.8 Å². The summed E-state index contributed by atoms with van der Waals surface area (Å²) < 4.78 is 2.37. The van der Waals surface area contributed by atoms with E-state index in [1.807, 2.05) is 6.92 Å². The topological polar surface area (TPSA) is 66.4 Å². The van der Waals surface area contributed by atoms with E-state index in [-0.39, 0.29) is 17.9 Å². The Morgan fingerprint density at radius 1 is 1.13 bits per heavy atom. The molecule has 3 amide bonds. The lowest BCUT2D eigenvalue weighted by Gasteiger charge is -2.32. The molecule has 1 atom stereocenters. The van der Waals surface area contributed by atoms with Gasteiger partial charge in [-0.05, 0) is 63.8 Å². The molecule has 3 aromatic rings. The van der Waals surface area contributed by atoms with E-state index < -0.39 is 0 Å². The van der Waals surface area contributed by atoms with Crippen LogP contribution in [0.4, 0.5) is 10.5 Å². The molecule has 0 spiro atoms. The average Bonchev–Trinajstić information content (AvgIpc) is 3.10. The van der Waals surface area contributed by atoms with E-state index in [0.717, 1.165) is 29.7 Å². The summed E-state index contributed by atoms with van der Waals surface area (Å²) in [6.07, 6.45) is 1.66. The summed E-state index contributed by atoms with van der Waals surface area (Å²) in [7, 11) is 1.65. The van der Waals surface area contributed by atoms with E-state index in [1.165, 1.54) is 21.8 Å². The maximum absolute atomic E-state index is 13.1. The summed E-state index contributed by atoms with van der Waals surface area (Å²) in [5, 5.41) is 8.27. The van der Waals surface area contributed by atoms with Crippen LogP contribution in [0.1, 0.15) is 43.9 Å². The van der Waals surface area contributed by atoms with Gasteiger partial charge in [0, 0.05) is 48.2 Å². The molecule has 0 bridgehead atoms. The summed E-state index contributed by atoms with van der Waals surface area (Å²) in [5.41, 5.74) is 5.40. The molecule has 6 heteroatoms. The van der Waals surface area contributed by atoms with Crippen molar-refractivity contribution in [3.8, 4) is 0 Å². The highest BCUT2D eigenvalue weighted by molar-refractivity contribution is 6.12. The van der Waals surface area contributed by atoms with Gasteiger partial charge in [0.25, 0.3) is 0 Å². The molecule has 6 nitrogen and oxygen atoms in total. The van der Waals surface area contributed by atoms with Crippen molar-refractivity contribution in [1.82, 2.24) is 14.8 Å². The van der Waals surface area contributed by atoms with Crippen LogP contribution in [-0.2, 0) is 4.79 Å². The van der Waals surface area contributed by atoms with E-state index in [1.54, 1.807) is 11.9 Å². The third kappa shape index (κ3) is 3.64. The third-order valence-electron chi connectivity index (χ3n) is 6.52. The van der Waals surface area contributed by atoms with Gasteiger partial charge < -0.3 is 20.1 Å². The maximum Gasteiger partial charge on any atom is 0.321 e. The van der Waals surface area contributed by atoms with E-state index in [4.69, 9.17) is 0 Å². The van der Waals surface area contributed by atoms with E-state index in [2.05, 4.69) is 66.3 Å². The predicted octanol–water partition coefficient (Wildman–Crippen LogP) is 4.98. The number of urea groups is 1. The van der Waals surface area contributed by atoms with Crippen LogP contribution >= 0.6 is 0 Å². The quantitative estimate of drug-likeness (QED) is 0.627. The fourth-order valence-electron chi connectivity index (χ4n) is 5.03. The smallest absolute Gasteiger partial charge is 0.321 e. The zero-order valence-corrected chi connectivity index (χ0v) is 19.1. The molecule has 4 rings (SSSR count). The van der Waals surface area contributed by atoms with Gasteiger partial charge in [-0.3, -0.25) is 4.79 Å². The van der Waals surface area contributed by atoms with Crippen molar-refractivity contribution >= 4 is 39.4 Å². The minimum Gasteiger partial charge on any atom is -0.359 e. The number of likely N-dealkylation sites (tertiary alicyclic amines) is 1. The minimum absolute atomic E-state index is 0.00720.